The molecule has 0 aliphatic heterocycles. The molecule has 1 aromatic heterocycles. The first kappa shape index (κ1) is 14.9. The van der Waals surface area contributed by atoms with Crippen molar-refractivity contribution in [1.82, 2.24) is 10.3 Å². The number of Topliss-reactive ketones (excluding diaryl/α,β-unsaturated/α-hetero) is 1. The van der Waals surface area contributed by atoms with Crippen molar-refractivity contribution in [1.29, 1.82) is 0 Å². The molecule has 104 valence electrons. The van der Waals surface area contributed by atoms with E-state index in [1.165, 1.54) is 6.92 Å². The SMILES string of the molecule is CC(=O)c1c(C)[nH]c(C(=O)NCCCC(N)=O)c1C. The lowest BCUT2D eigenvalue weighted by atomic mass is 10.1. The average Bonchev–Trinajstić information content (AvgIpc) is 2.59. The van der Waals surface area contributed by atoms with Crippen molar-refractivity contribution in [2.24, 2.45) is 5.73 Å². The number of hydrogen-bond donors (Lipinski definition) is 3. The largest absolute Gasteiger partial charge is 0.370 e. The normalized spacial score (nSPS) is 10.3. The smallest absolute Gasteiger partial charge is 0.268 e. The van der Waals surface area contributed by atoms with Gasteiger partial charge in [0.05, 0.1) is 0 Å². The van der Waals surface area contributed by atoms with Crippen LogP contribution < -0.4 is 11.1 Å². The molecule has 1 rings (SSSR count). The van der Waals surface area contributed by atoms with E-state index in [4.69, 9.17) is 5.73 Å². The Labute approximate surface area is 111 Å². The number of nitrogens with two attached hydrogens (primary N) is 1. The highest BCUT2D eigenvalue weighted by Gasteiger charge is 2.19. The van der Waals surface area contributed by atoms with Gasteiger partial charge in [-0.25, -0.2) is 0 Å². The van der Waals surface area contributed by atoms with Gasteiger partial charge >= 0.3 is 0 Å². The summed E-state index contributed by atoms with van der Waals surface area (Å²) in [6.45, 7) is 5.33. The van der Waals surface area contributed by atoms with Crippen molar-refractivity contribution in [3.63, 3.8) is 0 Å². The second-order valence-corrected chi connectivity index (χ2v) is 4.51. The fraction of sp³-hybridized carbons (Fsp3) is 0.462. The fourth-order valence-corrected chi connectivity index (χ4v) is 2.06. The monoisotopic (exact) mass is 265 g/mol. The molecule has 0 saturated carbocycles. The number of rotatable bonds is 6. The third kappa shape index (κ3) is 3.67. The van der Waals surface area contributed by atoms with Crippen LogP contribution in [0, 0.1) is 13.8 Å². The van der Waals surface area contributed by atoms with Crippen LogP contribution >= 0.6 is 0 Å². The summed E-state index contributed by atoms with van der Waals surface area (Å²) in [4.78, 5) is 36.9. The number of hydrogen-bond acceptors (Lipinski definition) is 3. The molecule has 4 N–H and O–H groups in total. The molecule has 0 aliphatic carbocycles. The topological polar surface area (TPSA) is 105 Å². The van der Waals surface area contributed by atoms with Crippen LogP contribution in [0.2, 0.25) is 0 Å². The number of aromatic nitrogens is 1. The molecule has 6 nitrogen and oxygen atoms in total. The number of carbonyl (C=O) groups excluding carboxylic acids is 3. The highest BCUT2D eigenvalue weighted by atomic mass is 16.2. The van der Waals surface area contributed by atoms with Crippen molar-refractivity contribution in [3.8, 4) is 0 Å². The molecule has 0 saturated heterocycles. The summed E-state index contributed by atoms with van der Waals surface area (Å²) in [5.41, 5.74) is 7.29. The minimum Gasteiger partial charge on any atom is -0.370 e. The lowest BCUT2D eigenvalue weighted by Gasteiger charge is -2.04. The number of aryl methyl sites for hydroxylation is 1. The molecule has 2 amide bonds. The molecule has 0 aromatic carbocycles. The van der Waals surface area contributed by atoms with Crippen LogP contribution in [0.1, 0.15) is 51.9 Å². The van der Waals surface area contributed by atoms with Crippen LogP contribution in [-0.2, 0) is 4.79 Å². The van der Waals surface area contributed by atoms with Crippen LogP contribution in [0.25, 0.3) is 0 Å². The zero-order chi connectivity index (χ0) is 14.6. The third-order valence-electron chi connectivity index (χ3n) is 2.90. The molecule has 0 spiro atoms. The van der Waals surface area contributed by atoms with Gasteiger partial charge in [0.2, 0.25) is 5.91 Å². The van der Waals surface area contributed by atoms with E-state index in [2.05, 4.69) is 10.3 Å². The Morgan fingerprint density at radius 3 is 2.37 bits per heavy atom. The first-order valence-corrected chi connectivity index (χ1v) is 6.11. The zero-order valence-electron chi connectivity index (χ0n) is 11.4. The van der Waals surface area contributed by atoms with Gasteiger partial charge in [0.15, 0.2) is 5.78 Å². The van der Waals surface area contributed by atoms with E-state index in [9.17, 15) is 14.4 Å². The van der Waals surface area contributed by atoms with E-state index in [0.29, 0.717) is 35.5 Å². The molecule has 0 bridgehead atoms. The molecule has 0 fully saturated rings. The lowest BCUT2D eigenvalue weighted by molar-refractivity contribution is -0.118. The summed E-state index contributed by atoms with van der Waals surface area (Å²) < 4.78 is 0. The van der Waals surface area contributed by atoms with E-state index in [1.54, 1.807) is 13.8 Å². The molecule has 19 heavy (non-hydrogen) atoms. The van der Waals surface area contributed by atoms with Gasteiger partial charge in [0, 0.05) is 24.2 Å². The van der Waals surface area contributed by atoms with E-state index < -0.39 is 0 Å². The quantitative estimate of drug-likeness (QED) is 0.524. The van der Waals surface area contributed by atoms with E-state index in [-0.39, 0.29) is 24.0 Å². The Morgan fingerprint density at radius 2 is 1.89 bits per heavy atom. The standard InChI is InChI=1S/C13H19N3O3/c1-7-11(9(3)17)8(2)16-12(7)13(19)15-6-4-5-10(14)18/h16H,4-6H2,1-3H3,(H2,14,18)(H,15,19). The van der Waals surface area contributed by atoms with Crippen molar-refractivity contribution in [2.45, 2.75) is 33.6 Å². The number of H-pyrrole nitrogens is 1. The summed E-state index contributed by atoms with van der Waals surface area (Å²) in [5, 5.41) is 2.69. The number of amides is 2. The predicted octanol–water partition coefficient (Wildman–Crippen LogP) is 0.829. The van der Waals surface area contributed by atoms with Crippen LogP contribution in [0.3, 0.4) is 0 Å². The van der Waals surface area contributed by atoms with Crippen LogP contribution in [0.15, 0.2) is 0 Å². The average molecular weight is 265 g/mol. The molecule has 1 heterocycles. The Bertz CT molecular complexity index is 517. The van der Waals surface area contributed by atoms with E-state index >= 15 is 0 Å². The lowest BCUT2D eigenvalue weighted by Crippen LogP contribution is -2.26. The Balaban J connectivity index is 2.70. The van der Waals surface area contributed by atoms with Crippen molar-refractivity contribution in [2.75, 3.05) is 6.54 Å². The van der Waals surface area contributed by atoms with Crippen LogP contribution in [-0.4, -0.2) is 29.1 Å². The first-order valence-electron chi connectivity index (χ1n) is 6.11. The Kier molecular flexibility index (Phi) is 4.86. The van der Waals surface area contributed by atoms with Gasteiger partial charge in [-0.15, -0.1) is 0 Å². The third-order valence-corrected chi connectivity index (χ3v) is 2.90. The summed E-state index contributed by atoms with van der Waals surface area (Å²) in [6, 6.07) is 0. The zero-order valence-corrected chi connectivity index (χ0v) is 11.4. The van der Waals surface area contributed by atoms with Crippen molar-refractivity contribution in [3.05, 3.63) is 22.5 Å². The molecular weight excluding hydrogens is 246 g/mol. The maximum Gasteiger partial charge on any atom is 0.268 e. The van der Waals surface area contributed by atoms with Crippen molar-refractivity contribution < 1.29 is 14.4 Å². The molecule has 0 unspecified atom stereocenters. The second-order valence-electron chi connectivity index (χ2n) is 4.51. The molecular formula is C13H19N3O3. The molecule has 0 radical (unpaired) electrons. The van der Waals surface area contributed by atoms with Gasteiger partial charge in [-0.1, -0.05) is 0 Å². The highest BCUT2D eigenvalue weighted by molar-refractivity contribution is 6.02. The number of nitrogens with one attached hydrogen (secondary N) is 2. The number of primary amides is 1. The Morgan fingerprint density at radius 1 is 1.26 bits per heavy atom. The molecule has 0 aliphatic rings. The van der Waals surface area contributed by atoms with Gasteiger partial charge in [-0.3, -0.25) is 14.4 Å². The maximum absolute atomic E-state index is 11.9. The minimum absolute atomic E-state index is 0.0703. The summed E-state index contributed by atoms with van der Waals surface area (Å²) in [7, 11) is 0. The minimum atomic E-state index is -0.389. The molecule has 6 heteroatoms. The number of ketones is 1. The van der Waals surface area contributed by atoms with Crippen LogP contribution in [0.5, 0.6) is 0 Å². The van der Waals surface area contributed by atoms with Gasteiger partial charge in [0.25, 0.3) is 5.91 Å². The second kappa shape index (κ2) is 6.17. The van der Waals surface area contributed by atoms with Gasteiger partial charge in [0.1, 0.15) is 5.69 Å². The van der Waals surface area contributed by atoms with Gasteiger partial charge in [-0.2, -0.15) is 0 Å². The van der Waals surface area contributed by atoms with Crippen LogP contribution in [0.4, 0.5) is 0 Å². The van der Waals surface area contributed by atoms with Gasteiger partial charge in [-0.05, 0) is 32.8 Å². The molecule has 0 atom stereocenters. The first-order chi connectivity index (χ1) is 8.84. The number of carbonyl (C=O) groups is 3. The summed E-state index contributed by atoms with van der Waals surface area (Å²) in [6.07, 6.45) is 0.737. The van der Waals surface area contributed by atoms with Crippen molar-refractivity contribution >= 4 is 17.6 Å². The van der Waals surface area contributed by atoms with E-state index in [1.807, 2.05) is 0 Å². The Hall–Kier alpha value is -2.11. The van der Waals surface area contributed by atoms with Gasteiger partial charge < -0.3 is 16.0 Å². The predicted molar refractivity (Wildman–Crippen MR) is 71.0 cm³/mol. The molecule has 1 aromatic rings. The summed E-state index contributed by atoms with van der Waals surface area (Å²) >= 11 is 0. The fourth-order valence-electron chi connectivity index (χ4n) is 2.06. The number of aromatic amines is 1. The maximum atomic E-state index is 11.9. The van der Waals surface area contributed by atoms with E-state index in [0.717, 1.165) is 0 Å². The summed E-state index contributed by atoms with van der Waals surface area (Å²) in [5.74, 6) is -0.739. The highest BCUT2D eigenvalue weighted by Crippen LogP contribution is 2.18.